The Labute approximate surface area is 224 Å². The molecule has 0 aromatic heterocycles. The number of thioether (sulfide) groups is 1. The second-order valence-electron chi connectivity index (χ2n) is 8.60. The number of benzene rings is 3. The third-order valence-corrected chi connectivity index (χ3v) is 6.81. The van der Waals surface area contributed by atoms with Crippen molar-refractivity contribution in [3.05, 3.63) is 93.9 Å². The first-order chi connectivity index (χ1) is 18.2. The number of carbonyl (C=O) groups excluding carboxylic acids is 4. The smallest absolute Gasteiger partial charge is 0.293 e. The molecule has 1 saturated heterocycles. The fraction of sp³-hybridized carbons (Fsp3) is 0.172. The van der Waals surface area contributed by atoms with Gasteiger partial charge in [-0.1, -0.05) is 42.5 Å². The van der Waals surface area contributed by atoms with Crippen LogP contribution in [0.15, 0.2) is 71.6 Å². The molecule has 0 spiro atoms. The highest BCUT2D eigenvalue weighted by Crippen LogP contribution is 2.34. The van der Waals surface area contributed by atoms with E-state index in [2.05, 4.69) is 5.32 Å². The van der Waals surface area contributed by atoms with Crippen LogP contribution in [-0.2, 0) is 9.59 Å². The zero-order chi connectivity index (χ0) is 27.2. The summed E-state index contributed by atoms with van der Waals surface area (Å²) in [5, 5.41) is 2.29. The Bertz CT molecular complexity index is 1430. The summed E-state index contributed by atoms with van der Waals surface area (Å²) in [7, 11) is 1.46. The monoisotopic (exact) mass is 530 g/mol. The molecule has 3 amide bonds. The summed E-state index contributed by atoms with van der Waals surface area (Å²) in [6.45, 7) is 3.42. The van der Waals surface area contributed by atoms with E-state index in [1.807, 2.05) is 32.0 Å². The van der Waals surface area contributed by atoms with Gasteiger partial charge in [0.25, 0.3) is 17.1 Å². The normalized spacial score (nSPS) is 14.1. The Kier molecular flexibility index (Phi) is 8.28. The maximum Gasteiger partial charge on any atom is 0.293 e. The summed E-state index contributed by atoms with van der Waals surface area (Å²) in [5.41, 5.74) is 3.91. The van der Waals surface area contributed by atoms with Crippen molar-refractivity contribution in [2.45, 2.75) is 13.8 Å². The van der Waals surface area contributed by atoms with E-state index in [4.69, 9.17) is 9.47 Å². The highest BCUT2D eigenvalue weighted by atomic mass is 32.2. The lowest BCUT2D eigenvalue weighted by molar-refractivity contribution is -0.122. The van der Waals surface area contributed by atoms with Crippen molar-refractivity contribution in [1.29, 1.82) is 0 Å². The van der Waals surface area contributed by atoms with Crippen LogP contribution >= 0.6 is 11.8 Å². The lowest BCUT2D eigenvalue weighted by Crippen LogP contribution is -2.33. The quantitative estimate of drug-likeness (QED) is 0.298. The van der Waals surface area contributed by atoms with Gasteiger partial charge >= 0.3 is 0 Å². The fourth-order valence-electron chi connectivity index (χ4n) is 3.70. The summed E-state index contributed by atoms with van der Waals surface area (Å²) >= 11 is 0.770. The van der Waals surface area contributed by atoms with Gasteiger partial charge in [-0.25, -0.2) is 0 Å². The number of ketones is 1. The van der Waals surface area contributed by atoms with Crippen LogP contribution in [-0.4, -0.2) is 48.0 Å². The van der Waals surface area contributed by atoms with Crippen LogP contribution in [0.3, 0.4) is 0 Å². The van der Waals surface area contributed by atoms with Gasteiger partial charge in [0.1, 0.15) is 0 Å². The molecule has 3 aromatic rings. The van der Waals surface area contributed by atoms with Crippen LogP contribution in [0.5, 0.6) is 11.5 Å². The molecule has 1 N–H and O–H groups in total. The first kappa shape index (κ1) is 26.7. The number of methoxy groups -OCH3 is 1. The largest absolute Gasteiger partial charge is 0.493 e. The van der Waals surface area contributed by atoms with E-state index >= 15 is 0 Å². The molecule has 8 nitrogen and oxygen atoms in total. The van der Waals surface area contributed by atoms with E-state index in [1.165, 1.54) is 7.11 Å². The molecule has 194 valence electrons. The lowest BCUT2D eigenvalue weighted by atomic mass is 10.1. The third kappa shape index (κ3) is 6.30. The maximum absolute atomic E-state index is 12.8. The van der Waals surface area contributed by atoms with Gasteiger partial charge in [0, 0.05) is 11.3 Å². The SMILES string of the molecule is COc1cc(/C=C2/SC(=O)N(CC(=O)c3ccccc3)C2=O)ccc1OCC(=O)Nc1ccc(C)c(C)c1. The molecule has 1 heterocycles. The maximum atomic E-state index is 12.8. The Morgan fingerprint density at radius 2 is 1.71 bits per heavy atom. The number of nitrogens with one attached hydrogen (secondary N) is 1. The molecule has 0 unspecified atom stereocenters. The number of hydrogen-bond donors (Lipinski definition) is 1. The zero-order valence-electron chi connectivity index (χ0n) is 21.1. The van der Waals surface area contributed by atoms with E-state index in [0.29, 0.717) is 28.3 Å². The van der Waals surface area contributed by atoms with Gasteiger partial charge in [-0.05, 0) is 72.6 Å². The molecule has 3 aromatic carbocycles. The van der Waals surface area contributed by atoms with Crippen molar-refractivity contribution < 1.29 is 28.7 Å². The van der Waals surface area contributed by atoms with E-state index in [9.17, 15) is 19.2 Å². The van der Waals surface area contributed by atoms with Gasteiger partial charge in [-0.3, -0.25) is 24.1 Å². The molecule has 1 fully saturated rings. The molecule has 0 radical (unpaired) electrons. The molecular formula is C29H26N2O6S. The van der Waals surface area contributed by atoms with E-state index in [0.717, 1.165) is 27.8 Å². The van der Waals surface area contributed by atoms with Gasteiger partial charge in [-0.2, -0.15) is 0 Å². The number of rotatable bonds is 9. The summed E-state index contributed by atoms with van der Waals surface area (Å²) in [5.74, 6) is -0.471. The zero-order valence-corrected chi connectivity index (χ0v) is 22.0. The summed E-state index contributed by atoms with van der Waals surface area (Å²) < 4.78 is 11.1. The average molecular weight is 531 g/mol. The molecule has 1 aliphatic heterocycles. The predicted octanol–water partition coefficient (Wildman–Crippen LogP) is 5.25. The van der Waals surface area contributed by atoms with Crippen LogP contribution in [0.1, 0.15) is 27.0 Å². The third-order valence-electron chi connectivity index (χ3n) is 5.91. The molecule has 0 bridgehead atoms. The number of nitrogens with zero attached hydrogens (tertiary/aromatic N) is 1. The molecule has 0 atom stereocenters. The van der Waals surface area contributed by atoms with E-state index in [1.54, 1.807) is 54.6 Å². The van der Waals surface area contributed by atoms with Gasteiger partial charge in [-0.15, -0.1) is 0 Å². The molecular weight excluding hydrogens is 504 g/mol. The molecule has 38 heavy (non-hydrogen) atoms. The highest BCUT2D eigenvalue weighted by molar-refractivity contribution is 8.18. The number of amides is 3. The minimum absolute atomic E-state index is 0.194. The summed E-state index contributed by atoms with van der Waals surface area (Å²) in [4.78, 5) is 51.2. The molecule has 0 aliphatic carbocycles. The Hall–Kier alpha value is -4.37. The van der Waals surface area contributed by atoms with E-state index in [-0.39, 0.29) is 29.7 Å². The van der Waals surface area contributed by atoms with Crippen LogP contribution in [0.4, 0.5) is 10.5 Å². The van der Waals surface area contributed by atoms with Crippen molar-refractivity contribution in [2.24, 2.45) is 0 Å². The topological polar surface area (TPSA) is 102 Å². The standard InChI is InChI=1S/C29H26N2O6S/c1-18-9-11-22(13-19(18)2)30-27(33)17-37-24-12-10-20(14-25(24)36-3)15-26-28(34)31(29(35)38-26)16-23(32)21-7-5-4-6-8-21/h4-15H,16-17H2,1-3H3,(H,30,33)/b26-15+. The second kappa shape index (κ2) is 11.8. The van der Waals surface area contributed by atoms with Crippen LogP contribution in [0.2, 0.25) is 0 Å². The first-order valence-corrected chi connectivity index (χ1v) is 12.6. The van der Waals surface area contributed by atoms with Crippen molar-refractivity contribution >= 4 is 46.4 Å². The number of hydrogen-bond acceptors (Lipinski definition) is 7. The highest BCUT2D eigenvalue weighted by Gasteiger charge is 2.36. The van der Waals surface area contributed by atoms with Crippen molar-refractivity contribution in [3.63, 3.8) is 0 Å². The minimum Gasteiger partial charge on any atom is -0.493 e. The number of carbonyl (C=O) groups is 4. The molecule has 1 aliphatic rings. The van der Waals surface area contributed by atoms with Crippen molar-refractivity contribution in [3.8, 4) is 11.5 Å². The Balaban J connectivity index is 1.40. The molecule has 9 heteroatoms. The van der Waals surface area contributed by atoms with Gasteiger partial charge in [0.05, 0.1) is 18.6 Å². The van der Waals surface area contributed by atoms with Gasteiger partial charge < -0.3 is 14.8 Å². The summed E-state index contributed by atoms with van der Waals surface area (Å²) in [6, 6.07) is 19.1. The van der Waals surface area contributed by atoms with Gasteiger partial charge in [0.2, 0.25) is 0 Å². The van der Waals surface area contributed by atoms with Crippen LogP contribution in [0.25, 0.3) is 6.08 Å². The fourth-order valence-corrected chi connectivity index (χ4v) is 4.54. The molecule has 0 saturated carbocycles. The average Bonchev–Trinajstić information content (AvgIpc) is 3.17. The summed E-state index contributed by atoms with van der Waals surface area (Å²) in [6.07, 6.45) is 1.55. The van der Waals surface area contributed by atoms with Crippen molar-refractivity contribution in [1.82, 2.24) is 4.90 Å². The number of ether oxygens (including phenoxy) is 2. The van der Waals surface area contributed by atoms with Crippen LogP contribution in [0, 0.1) is 13.8 Å². The van der Waals surface area contributed by atoms with Gasteiger partial charge in [0.15, 0.2) is 23.9 Å². The van der Waals surface area contributed by atoms with Crippen LogP contribution < -0.4 is 14.8 Å². The molecule has 4 rings (SSSR count). The predicted molar refractivity (Wildman–Crippen MR) is 146 cm³/mol. The lowest BCUT2D eigenvalue weighted by Gasteiger charge is -2.12. The Morgan fingerprint density at radius 3 is 2.42 bits per heavy atom. The number of imide groups is 1. The Morgan fingerprint density at radius 1 is 0.947 bits per heavy atom. The second-order valence-corrected chi connectivity index (χ2v) is 9.60. The number of aryl methyl sites for hydroxylation is 2. The first-order valence-electron chi connectivity index (χ1n) is 11.8. The van der Waals surface area contributed by atoms with Crippen molar-refractivity contribution in [2.75, 3.05) is 25.6 Å². The number of Topliss-reactive ketones (excluding diaryl/α,β-unsaturated/α-hetero) is 1. The van der Waals surface area contributed by atoms with E-state index < -0.39 is 11.1 Å². The number of anilines is 1. The minimum atomic E-state index is -0.536.